The zero-order valence-electron chi connectivity index (χ0n) is 21.7. The minimum atomic E-state index is -4.28. The summed E-state index contributed by atoms with van der Waals surface area (Å²) in [6.45, 7) is 3.12. The standard InChI is InChI=1S/C26H31F5N4O4/c1-16-11-20(27)21(32-24(37)35-4-3-18(15-35)26(30,31)25(2,28)29)14-19(16)17-12-22(34-5-8-38-9-6-34)33-23(13-17)39-10-7-36/h11-14,18,36H,3-10,15H2,1-2H3,(H,32,37). The zero-order valence-corrected chi connectivity index (χ0v) is 21.7. The number of aliphatic hydroxyl groups excluding tert-OH is 1. The van der Waals surface area contributed by atoms with E-state index in [0.29, 0.717) is 48.8 Å². The Morgan fingerprint density at radius 3 is 2.56 bits per heavy atom. The van der Waals surface area contributed by atoms with Gasteiger partial charge in [-0.2, -0.15) is 13.8 Å². The molecule has 2 aliphatic rings. The molecule has 0 saturated carbocycles. The Labute approximate surface area is 222 Å². The fourth-order valence-corrected chi connectivity index (χ4v) is 4.70. The number of benzene rings is 1. The first-order valence-electron chi connectivity index (χ1n) is 12.6. The molecular weight excluding hydrogens is 527 g/mol. The summed E-state index contributed by atoms with van der Waals surface area (Å²) in [6, 6.07) is 5.20. The van der Waals surface area contributed by atoms with Crippen molar-refractivity contribution in [3.63, 3.8) is 0 Å². The highest BCUT2D eigenvalue weighted by Gasteiger charge is 2.59. The van der Waals surface area contributed by atoms with Gasteiger partial charge in [0.05, 0.1) is 25.5 Å². The van der Waals surface area contributed by atoms with Crippen molar-refractivity contribution in [2.75, 3.05) is 62.8 Å². The van der Waals surface area contributed by atoms with E-state index in [4.69, 9.17) is 9.47 Å². The second kappa shape index (κ2) is 11.5. The number of nitrogens with one attached hydrogen (secondary N) is 1. The largest absolute Gasteiger partial charge is 0.475 e. The van der Waals surface area contributed by atoms with Gasteiger partial charge in [0.1, 0.15) is 18.2 Å². The number of aromatic nitrogens is 1. The first kappa shape index (κ1) is 28.8. The normalized spacial score (nSPS) is 18.4. The van der Waals surface area contributed by atoms with E-state index in [1.807, 2.05) is 4.90 Å². The smallest absolute Gasteiger partial charge is 0.321 e. The Hall–Kier alpha value is -3.19. The summed E-state index contributed by atoms with van der Waals surface area (Å²) in [5.41, 5.74) is 1.51. The summed E-state index contributed by atoms with van der Waals surface area (Å²) in [5, 5.41) is 11.6. The number of aliphatic hydroxyl groups is 1. The first-order valence-corrected chi connectivity index (χ1v) is 12.6. The third-order valence-electron chi connectivity index (χ3n) is 6.90. The number of anilines is 2. The molecule has 0 aliphatic carbocycles. The van der Waals surface area contributed by atoms with Gasteiger partial charge in [0, 0.05) is 45.1 Å². The quantitative estimate of drug-likeness (QED) is 0.463. The fourth-order valence-electron chi connectivity index (χ4n) is 4.70. The highest BCUT2D eigenvalue weighted by molar-refractivity contribution is 5.91. The number of ether oxygens (including phenoxy) is 2. The summed E-state index contributed by atoms with van der Waals surface area (Å²) in [6.07, 6.45) is -0.302. The number of alkyl halides is 4. The maximum atomic E-state index is 14.9. The molecule has 39 heavy (non-hydrogen) atoms. The van der Waals surface area contributed by atoms with E-state index >= 15 is 0 Å². The van der Waals surface area contributed by atoms with Gasteiger partial charge in [0.2, 0.25) is 5.88 Å². The number of carbonyl (C=O) groups is 1. The number of halogens is 5. The monoisotopic (exact) mass is 558 g/mol. The number of pyridine rings is 1. The van der Waals surface area contributed by atoms with E-state index < -0.39 is 36.2 Å². The van der Waals surface area contributed by atoms with E-state index in [2.05, 4.69) is 10.3 Å². The lowest BCUT2D eigenvalue weighted by Gasteiger charge is -2.28. The van der Waals surface area contributed by atoms with Crippen molar-refractivity contribution in [2.24, 2.45) is 5.92 Å². The van der Waals surface area contributed by atoms with Crippen LogP contribution in [0.5, 0.6) is 5.88 Å². The predicted molar refractivity (Wildman–Crippen MR) is 134 cm³/mol. The number of rotatable bonds is 8. The third-order valence-corrected chi connectivity index (χ3v) is 6.90. The van der Waals surface area contributed by atoms with E-state index in [1.54, 1.807) is 19.1 Å². The van der Waals surface area contributed by atoms with Gasteiger partial charge in [-0.25, -0.2) is 18.0 Å². The Kier molecular flexibility index (Phi) is 8.50. The molecule has 2 fully saturated rings. The number of morpholine rings is 1. The molecule has 2 aliphatic heterocycles. The maximum Gasteiger partial charge on any atom is 0.321 e. The Balaban J connectivity index is 1.59. The molecule has 2 saturated heterocycles. The van der Waals surface area contributed by atoms with E-state index in [-0.39, 0.29) is 44.7 Å². The van der Waals surface area contributed by atoms with E-state index in [1.165, 1.54) is 12.1 Å². The summed E-state index contributed by atoms with van der Waals surface area (Å²) >= 11 is 0. The fraction of sp³-hybridized carbons (Fsp3) is 0.538. The minimum absolute atomic E-state index is 0.0164. The number of nitrogens with zero attached hydrogens (tertiary/aromatic N) is 3. The average molecular weight is 559 g/mol. The van der Waals surface area contributed by atoms with Crippen molar-refractivity contribution in [3.05, 3.63) is 35.6 Å². The molecule has 1 aromatic carbocycles. The molecule has 13 heteroatoms. The topological polar surface area (TPSA) is 87.2 Å². The van der Waals surface area contributed by atoms with Gasteiger partial charge in [0.15, 0.2) is 0 Å². The predicted octanol–water partition coefficient (Wildman–Crippen LogP) is 4.55. The molecule has 8 nitrogen and oxygen atoms in total. The number of aryl methyl sites for hydroxylation is 1. The average Bonchev–Trinajstić information content (AvgIpc) is 3.40. The van der Waals surface area contributed by atoms with Gasteiger partial charge in [-0.1, -0.05) is 0 Å². The third kappa shape index (κ3) is 6.35. The van der Waals surface area contributed by atoms with Gasteiger partial charge in [-0.05, 0) is 48.2 Å². The molecule has 214 valence electrons. The molecule has 4 rings (SSSR count). The van der Waals surface area contributed by atoms with Crippen LogP contribution in [0.15, 0.2) is 24.3 Å². The molecular formula is C26H31F5N4O4. The Bertz CT molecular complexity index is 1190. The van der Waals surface area contributed by atoms with Crippen molar-refractivity contribution >= 4 is 17.5 Å². The first-order chi connectivity index (χ1) is 18.4. The van der Waals surface area contributed by atoms with Gasteiger partial charge in [-0.15, -0.1) is 0 Å². The second-order valence-corrected chi connectivity index (χ2v) is 9.74. The molecule has 2 amide bonds. The van der Waals surface area contributed by atoms with Crippen LogP contribution in [-0.2, 0) is 4.74 Å². The number of likely N-dealkylation sites (tertiary alicyclic amines) is 1. The van der Waals surface area contributed by atoms with Crippen LogP contribution in [-0.4, -0.2) is 85.5 Å². The van der Waals surface area contributed by atoms with Gasteiger partial charge in [-0.3, -0.25) is 0 Å². The summed E-state index contributed by atoms with van der Waals surface area (Å²) in [7, 11) is 0. The van der Waals surface area contributed by atoms with Crippen molar-refractivity contribution < 1.29 is 41.3 Å². The van der Waals surface area contributed by atoms with Crippen LogP contribution < -0.4 is 15.0 Å². The van der Waals surface area contributed by atoms with E-state index in [9.17, 15) is 31.9 Å². The number of hydrogen-bond acceptors (Lipinski definition) is 6. The van der Waals surface area contributed by atoms with Crippen molar-refractivity contribution in [1.82, 2.24) is 9.88 Å². The van der Waals surface area contributed by atoms with Crippen molar-refractivity contribution in [1.29, 1.82) is 0 Å². The number of urea groups is 1. The molecule has 0 spiro atoms. The van der Waals surface area contributed by atoms with Crippen LogP contribution in [0, 0.1) is 18.7 Å². The minimum Gasteiger partial charge on any atom is -0.475 e. The van der Waals surface area contributed by atoms with Gasteiger partial charge >= 0.3 is 17.9 Å². The highest BCUT2D eigenvalue weighted by atomic mass is 19.3. The molecule has 2 N–H and O–H groups in total. The number of carbonyl (C=O) groups excluding carboxylic acids is 1. The van der Waals surface area contributed by atoms with Gasteiger partial charge in [0.25, 0.3) is 0 Å². The van der Waals surface area contributed by atoms with E-state index in [0.717, 1.165) is 4.90 Å². The van der Waals surface area contributed by atoms with Crippen LogP contribution in [0.3, 0.4) is 0 Å². The summed E-state index contributed by atoms with van der Waals surface area (Å²) < 4.78 is 80.9. The van der Waals surface area contributed by atoms with Crippen LogP contribution in [0.1, 0.15) is 18.9 Å². The maximum absolute atomic E-state index is 14.9. The Morgan fingerprint density at radius 1 is 1.18 bits per heavy atom. The molecule has 3 heterocycles. The SMILES string of the molecule is Cc1cc(F)c(NC(=O)N2CCC(C(F)(F)C(C)(F)F)C2)cc1-c1cc(OCCO)nc(N2CCOCC2)c1. The highest BCUT2D eigenvalue weighted by Crippen LogP contribution is 2.43. The molecule has 1 aromatic heterocycles. The summed E-state index contributed by atoms with van der Waals surface area (Å²) in [4.78, 5) is 20.3. The van der Waals surface area contributed by atoms with Gasteiger partial charge < -0.3 is 29.7 Å². The second-order valence-electron chi connectivity index (χ2n) is 9.74. The number of amides is 2. The van der Waals surface area contributed by atoms with Crippen LogP contribution in [0.2, 0.25) is 0 Å². The van der Waals surface area contributed by atoms with Crippen molar-refractivity contribution in [2.45, 2.75) is 32.1 Å². The number of hydrogen-bond donors (Lipinski definition) is 2. The Morgan fingerprint density at radius 2 is 1.90 bits per heavy atom. The lowest BCUT2D eigenvalue weighted by Crippen LogP contribution is -2.46. The molecule has 0 radical (unpaired) electrons. The van der Waals surface area contributed by atoms with Crippen LogP contribution >= 0.6 is 0 Å². The van der Waals surface area contributed by atoms with Crippen LogP contribution in [0.25, 0.3) is 11.1 Å². The summed E-state index contributed by atoms with van der Waals surface area (Å²) in [5.74, 6) is -10.1. The molecule has 0 bridgehead atoms. The molecule has 1 atom stereocenters. The van der Waals surface area contributed by atoms with Crippen LogP contribution in [0.4, 0.5) is 38.3 Å². The lowest BCUT2D eigenvalue weighted by atomic mass is 9.96. The van der Waals surface area contributed by atoms with Crippen molar-refractivity contribution in [3.8, 4) is 17.0 Å². The zero-order chi connectivity index (χ0) is 28.4. The molecule has 1 unspecified atom stereocenters. The lowest BCUT2D eigenvalue weighted by molar-refractivity contribution is -0.223. The molecule has 2 aromatic rings.